The van der Waals surface area contributed by atoms with Crippen LogP contribution >= 0.6 is 11.8 Å². The molecule has 1 aliphatic heterocycles. The number of aliphatic hydroxyl groups excluding tert-OH is 1. The number of carbonyl (C=O) groups is 1. The number of benzene rings is 3. The van der Waals surface area contributed by atoms with E-state index in [1.54, 1.807) is 11.8 Å². The van der Waals surface area contributed by atoms with E-state index < -0.39 is 6.29 Å². The van der Waals surface area contributed by atoms with Gasteiger partial charge in [0.2, 0.25) is 5.91 Å². The smallest absolute Gasteiger partial charge is 0.217 e. The van der Waals surface area contributed by atoms with Crippen LogP contribution in [0.2, 0.25) is 0 Å². The molecule has 1 aromatic heterocycles. The molecule has 4 aromatic rings. The third-order valence-electron chi connectivity index (χ3n) is 7.26. The first-order chi connectivity index (χ1) is 19.4. The minimum absolute atomic E-state index is 0.0124. The molecule has 0 saturated carbocycles. The van der Waals surface area contributed by atoms with Gasteiger partial charge in [-0.3, -0.25) is 4.79 Å². The lowest BCUT2D eigenvalue weighted by Crippen LogP contribution is -2.38. The van der Waals surface area contributed by atoms with Gasteiger partial charge in [-0.05, 0) is 33.9 Å². The van der Waals surface area contributed by atoms with Gasteiger partial charge in [0.25, 0.3) is 0 Å². The lowest BCUT2D eigenvalue weighted by molar-refractivity contribution is -0.268. The van der Waals surface area contributed by atoms with Crippen molar-refractivity contribution in [3.8, 4) is 11.1 Å². The Morgan fingerprint density at radius 3 is 2.42 bits per heavy atom. The predicted octanol–water partition coefficient (Wildman–Crippen LogP) is 5.80. The molecule has 0 aliphatic carbocycles. The average Bonchev–Trinajstić information content (AvgIpc) is 3.40. The molecule has 2 heterocycles. The van der Waals surface area contributed by atoms with Crippen molar-refractivity contribution in [1.29, 1.82) is 0 Å². The van der Waals surface area contributed by atoms with Gasteiger partial charge in [-0.1, -0.05) is 85.4 Å². The number of aryl methyl sites for hydroxylation is 1. The van der Waals surface area contributed by atoms with Crippen LogP contribution in [0.4, 0.5) is 0 Å². The van der Waals surface area contributed by atoms with Gasteiger partial charge >= 0.3 is 0 Å². The van der Waals surface area contributed by atoms with Crippen molar-refractivity contribution in [2.45, 2.75) is 50.7 Å². The molecule has 8 heteroatoms. The van der Waals surface area contributed by atoms with E-state index >= 15 is 0 Å². The van der Waals surface area contributed by atoms with Gasteiger partial charge in [0.15, 0.2) is 11.4 Å². The number of imidazole rings is 1. The Labute approximate surface area is 239 Å². The lowest BCUT2D eigenvalue weighted by Gasteiger charge is -2.41. The summed E-state index contributed by atoms with van der Waals surface area (Å²) in [6.07, 6.45) is 3.01. The molecule has 1 saturated heterocycles. The number of amides is 1. The van der Waals surface area contributed by atoms with Crippen LogP contribution in [0.1, 0.15) is 48.5 Å². The van der Waals surface area contributed by atoms with Crippen molar-refractivity contribution >= 4 is 17.7 Å². The zero-order valence-electron chi connectivity index (χ0n) is 23.0. The molecule has 3 aromatic carbocycles. The number of hydrogen-bond donors (Lipinski definition) is 2. The zero-order valence-corrected chi connectivity index (χ0v) is 23.8. The van der Waals surface area contributed by atoms with Crippen molar-refractivity contribution in [2.75, 3.05) is 5.75 Å². The van der Waals surface area contributed by atoms with Crippen molar-refractivity contribution < 1.29 is 19.4 Å². The zero-order chi connectivity index (χ0) is 28.1. The molecule has 4 unspecified atom stereocenters. The molecule has 0 radical (unpaired) electrons. The molecule has 7 nitrogen and oxygen atoms in total. The van der Waals surface area contributed by atoms with E-state index in [-0.39, 0.29) is 30.6 Å². The fourth-order valence-corrected chi connectivity index (χ4v) is 5.97. The van der Waals surface area contributed by atoms with E-state index in [0.717, 1.165) is 44.3 Å². The second-order valence-corrected chi connectivity index (χ2v) is 11.2. The number of hydrogen-bond acceptors (Lipinski definition) is 6. The molecule has 0 bridgehead atoms. The molecule has 1 aliphatic rings. The van der Waals surface area contributed by atoms with E-state index in [9.17, 15) is 9.90 Å². The Morgan fingerprint density at radius 2 is 1.75 bits per heavy atom. The van der Waals surface area contributed by atoms with E-state index in [4.69, 9.17) is 9.47 Å². The van der Waals surface area contributed by atoms with E-state index in [2.05, 4.69) is 53.6 Å². The summed E-state index contributed by atoms with van der Waals surface area (Å²) in [5.41, 5.74) is 6.11. The molecule has 208 valence electrons. The summed E-state index contributed by atoms with van der Waals surface area (Å²) in [7, 11) is 2.00. The minimum atomic E-state index is -0.522. The van der Waals surface area contributed by atoms with E-state index in [0.29, 0.717) is 6.54 Å². The van der Waals surface area contributed by atoms with Crippen LogP contribution in [0.3, 0.4) is 0 Å². The topological polar surface area (TPSA) is 85.6 Å². The highest BCUT2D eigenvalue weighted by Gasteiger charge is 2.38. The second kappa shape index (κ2) is 12.8. The third-order valence-corrected chi connectivity index (χ3v) is 8.41. The normalized spacial score (nSPS) is 20.8. The summed E-state index contributed by atoms with van der Waals surface area (Å²) in [5, 5.41) is 13.3. The Morgan fingerprint density at radius 1 is 1.00 bits per heavy atom. The molecule has 2 N–H and O–H groups in total. The number of rotatable bonds is 9. The van der Waals surface area contributed by atoms with Gasteiger partial charge in [0.1, 0.15) is 0 Å². The highest BCUT2D eigenvalue weighted by Crippen LogP contribution is 2.43. The Hall–Kier alpha value is -3.43. The number of nitrogens with one attached hydrogen (secondary N) is 1. The Bertz CT molecular complexity index is 1420. The van der Waals surface area contributed by atoms with Crippen LogP contribution in [-0.4, -0.2) is 32.4 Å². The minimum Gasteiger partial charge on any atom is -0.392 e. The van der Waals surface area contributed by atoms with Crippen LogP contribution < -0.4 is 5.32 Å². The fraction of sp³-hybridized carbons (Fsp3) is 0.312. The first-order valence-electron chi connectivity index (χ1n) is 13.5. The number of aromatic nitrogens is 2. The third kappa shape index (κ3) is 6.64. The maximum absolute atomic E-state index is 11.3. The molecule has 0 spiro atoms. The summed E-state index contributed by atoms with van der Waals surface area (Å²) in [5.74, 6) is 0.807. The number of aliphatic hydroxyl groups is 1. The van der Waals surface area contributed by atoms with Crippen LogP contribution in [0.15, 0.2) is 90.3 Å². The fourth-order valence-electron chi connectivity index (χ4n) is 4.88. The van der Waals surface area contributed by atoms with Gasteiger partial charge in [-0.2, -0.15) is 0 Å². The predicted molar refractivity (Wildman–Crippen MR) is 156 cm³/mol. The maximum atomic E-state index is 11.3. The summed E-state index contributed by atoms with van der Waals surface area (Å²) in [6, 6.07) is 24.4. The number of thioether (sulfide) groups is 1. The van der Waals surface area contributed by atoms with Crippen molar-refractivity contribution in [1.82, 2.24) is 14.9 Å². The van der Waals surface area contributed by atoms with Gasteiger partial charge < -0.3 is 24.5 Å². The largest absolute Gasteiger partial charge is 0.392 e. The van der Waals surface area contributed by atoms with Crippen molar-refractivity contribution in [3.63, 3.8) is 0 Å². The summed E-state index contributed by atoms with van der Waals surface area (Å²) >= 11 is 1.68. The second-order valence-electron chi connectivity index (χ2n) is 10.2. The van der Waals surface area contributed by atoms with Gasteiger partial charge in [0, 0.05) is 50.1 Å². The molecule has 1 fully saturated rings. The van der Waals surface area contributed by atoms with Crippen LogP contribution in [0.5, 0.6) is 0 Å². The Balaban J connectivity index is 1.37. The molecule has 1 amide bonds. The van der Waals surface area contributed by atoms with Crippen LogP contribution in [-0.2, 0) is 34.5 Å². The first kappa shape index (κ1) is 28.1. The summed E-state index contributed by atoms with van der Waals surface area (Å²) in [6.45, 7) is 4.21. The van der Waals surface area contributed by atoms with E-state index in [1.807, 2.05) is 60.4 Å². The number of ether oxygens (including phenoxy) is 2. The number of carbonyl (C=O) groups excluding carboxylic acids is 1. The maximum Gasteiger partial charge on any atom is 0.217 e. The quantitative estimate of drug-likeness (QED) is 0.253. The first-order valence-corrected chi connectivity index (χ1v) is 14.4. The average molecular weight is 558 g/mol. The summed E-state index contributed by atoms with van der Waals surface area (Å²) in [4.78, 5) is 15.8. The Kier molecular flexibility index (Phi) is 9.01. The highest BCUT2D eigenvalue weighted by molar-refractivity contribution is 7.99. The standard InChI is InChI=1S/C32H35N3O4S/c1-21-29(20-40-32-33-15-16-35(32)3)38-31(39-30(21)26-9-7-23(19-36)8-10-26)27-13-11-25(12-14-27)28-6-4-5-24(17-28)18-34-22(2)37/h4-17,21,29-31,36H,18-20H2,1-3H3,(H,34,37). The van der Waals surface area contributed by atoms with Gasteiger partial charge in [-0.25, -0.2) is 4.98 Å². The molecule has 40 heavy (non-hydrogen) atoms. The van der Waals surface area contributed by atoms with Gasteiger partial charge in [-0.15, -0.1) is 0 Å². The monoisotopic (exact) mass is 557 g/mol. The van der Waals surface area contributed by atoms with Crippen molar-refractivity contribution in [3.05, 3.63) is 107 Å². The molecule has 4 atom stereocenters. The SMILES string of the molecule is CC(=O)NCc1cccc(-c2ccc(C3OC(CSc4nccn4C)C(C)C(c4ccc(CO)cc4)O3)cc2)c1. The van der Waals surface area contributed by atoms with Gasteiger partial charge in [0.05, 0.1) is 18.8 Å². The van der Waals surface area contributed by atoms with E-state index in [1.165, 1.54) is 6.92 Å². The number of nitrogens with zero attached hydrogens (tertiary/aromatic N) is 2. The lowest BCUT2D eigenvalue weighted by atomic mass is 9.91. The summed E-state index contributed by atoms with van der Waals surface area (Å²) < 4.78 is 15.2. The van der Waals surface area contributed by atoms with Crippen molar-refractivity contribution in [2.24, 2.45) is 13.0 Å². The highest BCUT2D eigenvalue weighted by atomic mass is 32.2. The molecular weight excluding hydrogens is 522 g/mol. The van der Waals surface area contributed by atoms with Crippen LogP contribution in [0, 0.1) is 5.92 Å². The van der Waals surface area contributed by atoms with Crippen LogP contribution in [0.25, 0.3) is 11.1 Å². The molecule has 5 rings (SSSR count). The molecular formula is C32H35N3O4S.